The number of nitrogens with one attached hydrogen (secondary N) is 1. The quantitative estimate of drug-likeness (QED) is 0.762. The number of benzene rings is 1. The van der Waals surface area contributed by atoms with Crippen molar-refractivity contribution in [3.63, 3.8) is 0 Å². The number of aromatic nitrogens is 3. The monoisotopic (exact) mass is 340 g/mol. The maximum absolute atomic E-state index is 12.5. The van der Waals surface area contributed by atoms with Crippen LogP contribution in [0.2, 0.25) is 0 Å². The van der Waals surface area contributed by atoms with E-state index in [1.165, 1.54) is 11.3 Å². The molecule has 0 saturated heterocycles. The van der Waals surface area contributed by atoms with E-state index in [-0.39, 0.29) is 18.3 Å². The van der Waals surface area contributed by atoms with Crippen LogP contribution in [0.15, 0.2) is 36.0 Å². The van der Waals surface area contributed by atoms with Crippen molar-refractivity contribution >= 4 is 22.9 Å². The molecule has 0 spiro atoms. The Bertz CT molecular complexity index is 855. The molecule has 1 amide bonds. The third kappa shape index (κ3) is 3.32. The Morgan fingerprint density at radius 3 is 2.58 bits per heavy atom. The minimum Gasteiger partial charge on any atom is -0.392 e. The first-order chi connectivity index (χ1) is 11.6. The van der Waals surface area contributed by atoms with Crippen molar-refractivity contribution in [3.8, 4) is 10.7 Å². The van der Waals surface area contributed by atoms with Gasteiger partial charge in [-0.25, -0.2) is 15.0 Å². The van der Waals surface area contributed by atoms with E-state index in [0.717, 1.165) is 21.7 Å². The summed E-state index contributed by atoms with van der Waals surface area (Å²) in [6.07, 6.45) is 3.24. The summed E-state index contributed by atoms with van der Waals surface area (Å²) in [7, 11) is 0. The predicted octanol–water partition coefficient (Wildman–Crippen LogP) is 2.96. The number of hydrogen-bond donors (Lipinski definition) is 2. The second-order valence-electron chi connectivity index (χ2n) is 5.32. The van der Waals surface area contributed by atoms with Crippen molar-refractivity contribution in [2.45, 2.75) is 20.5 Å². The van der Waals surface area contributed by atoms with Crippen LogP contribution in [0.25, 0.3) is 10.7 Å². The summed E-state index contributed by atoms with van der Waals surface area (Å²) >= 11 is 1.45. The molecule has 0 aliphatic carbocycles. The summed E-state index contributed by atoms with van der Waals surface area (Å²) < 4.78 is 0. The molecule has 2 heterocycles. The van der Waals surface area contributed by atoms with Gasteiger partial charge in [-0.15, -0.1) is 11.3 Å². The number of anilines is 1. The van der Waals surface area contributed by atoms with Crippen LogP contribution >= 0.6 is 11.3 Å². The topological polar surface area (TPSA) is 88.0 Å². The summed E-state index contributed by atoms with van der Waals surface area (Å²) in [4.78, 5) is 25.0. The standard InChI is InChI=1S/C17H16N4O2S/c1-10-7-12(9-22)8-11(2)14(10)21-16(23)15-18-4-3-13(20-15)17-19-5-6-24-17/h3-8,22H,9H2,1-2H3,(H,21,23). The second-order valence-corrected chi connectivity index (χ2v) is 6.21. The lowest BCUT2D eigenvalue weighted by molar-refractivity contribution is 0.101. The number of nitrogens with zero attached hydrogens (tertiary/aromatic N) is 3. The van der Waals surface area contributed by atoms with Crippen molar-refractivity contribution in [2.24, 2.45) is 0 Å². The zero-order chi connectivity index (χ0) is 17.1. The number of aliphatic hydroxyl groups excluding tert-OH is 1. The Morgan fingerprint density at radius 2 is 1.96 bits per heavy atom. The fourth-order valence-electron chi connectivity index (χ4n) is 2.45. The lowest BCUT2D eigenvalue weighted by Crippen LogP contribution is -2.17. The first-order valence-corrected chi connectivity index (χ1v) is 8.21. The van der Waals surface area contributed by atoms with Gasteiger partial charge in [0.1, 0.15) is 10.7 Å². The van der Waals surface area contributed by atoms with Gasteiger partial charge in [0.15, 0.2) is 0 Å². The van der Waals surface area contributed by atoms with E-state index >= 15 is 0 Å². The molecule has 7 heteroatoms. The van der Waals surface area contributed by atoms with Gasteiger partial charge in [-0.1, -0.05) is 12.1 Å². The van der Waals surface area contributed by atoms with E-state index in [2.05, 4.69) is 20.3 Å². The maximum Gasteiger partial charge on any atom is 0.293 e. The van der Waals surface area contributed by atoms with Gasteiger partial charge in [0, 0.05) is 23.5 Å². The molecule has 0 radical (unpaired) electrons. The smallest absolute Gasteiger partial charge is 0.293 e. The van der Waals surface area contributed by atoms with Crippen molar-refractivity contribution in [1.29, 1.82) is 0 Å². The van der Waals surface area contributed by atoms with Crippen LogP contribution in [0.3, 0.4) is 0 Å². The Balaban J connectivity index is 1.87. The Morgan fingerprint density at radius 1 is 1.21 bits per heavy atom. The number of amides is 1. The van der Waals surface area contributed by atoms with Gasteiger partial charge >= 0.3 is 0 Å². The van der Waals surface area contributed by atoms with Crippen LogP contribution < -0.4 is 5.32 Å². The summed E-state index contributed by atoms with van der Waals surface area (Å²) in [5.74, 6) is -0.288. The Kier molecular flexibility index (Phi) is 4.64. The number of aryl methyl sites for hydroxylation is 2. The normalized spacial score (nSPS) is 10.6. The highest BCUT2D eigenvalue weighted by atomic mass is 32.1. The molecule has 0 saturated carbocycles. The van der Waals surface area contributed by atoms with E-state index in [1.807, 2.05) is 31.4 Å². The summed E-state index contributed by atoms with van der Waals surface area (Å²) in [5, 5.41) is 14.7. The SMILES string of the molecule is Cc1cc(CO)cc(C)c1NC(=O)c1nccc(-c2nccs2)n1. The van der Waals surface area contributed by atoms with Gasteiger partial charge in [0.2, 0.25) is 5.82 Å². The van der Waals surface area contributed by atoms with E-state index < -0.39 is 0 Å². The van der Waals surface area contributed by atoms with Crippen LogP contribution in [0, 0.1) is 13.8 Å². The second kappa shape index (κ2) is 6.86. The van der Waals surface area contributed by atoms with Gasteiger partial charge in [-0.2, -0.15) is 0 Å². The van der Waals surface area contributed by atoms with Crippen LogP contribution in [0.1, 0.15) is 27.3 Å². The molecule has 0 atom stereocenters. The van der Waals surface area contributed by atoms with Crippen LogP contribution in [0.4, 0.5) is 5.69 Å². The van der Waals surface area contributed by atoms with Crippen molar-refractivity contribution in [2.75, 3.05) is 5.32 Å². The molecule has 0 aliphatic rings. The number of aliphatic hydroxyl groups is 1. The number of carbonyl (C=O) groups is 1. The molecule has 6 nitrogen and oxygen atoms in total. The Hall–Kier alpha value is -2.64. The van der Waals surface area contributed by atoms with E-state index in [1.54, 1.807) is 18.5 Å². The zero-order valence-electron chi connectivity index (χ0n) is 13.3. The molecule has 24 heavy (non-hydrogen) atoms. The molecule has 2 aromatic heterocycles. The molecule has 3 aromatic rings. The zero-order valence-corrected chi connectivity index (χ0v) is 14.1. The van der Waals surface area contributed by atoms with Gasteiger partial charge in [0.25, 0.3) is 5.91 Å². The number of carbonyl (C=O) groups excluding carboxylic acids is 1. The Labute approximate surface area is 143 Å². The van der Waals surface area contributed by atoms with Crippen molar-refractivity contribution < 1.29 is 9.90 Å². The summed E-state index contributed by atoms with van der Waals surface area (Å²) in [5.41, 5.74) is 3.90. The summed E-state index contributed by atoms with van der Waals surface area (Å²) in [6.45, 7) is 3.73. The highest BCUT2D eigenvalue weighted by molar-refractivity contribution is 7.13. The first-order valence-electron chi connectivity index (χ1n) is 7.33. The van der Waals surface area contributed by atoms with Crippen molar-refractivity contribution in [3.05, 3.63) is 58.5 Å². The average Bonchev–Trinajstić information content (AvgIpc) is 3.12. The molecule has 2 N–H and O–H groups in total. The van der Waals surface area contributed by atoms with Gasteiger partial charge in [0.05, 0.1) is 6.61 Å². The molecular formula is C17H16N4O2S. The molecule has 0 aliphatic heterocycles. The van der Waals surface area contributed by atoms with E-state index in [0.29, 0.717) is 11.4 Å². The third-order valence-corrected chi connectivity index (χ3v) is 4.32. The molecule has 1 aromatic carbocycles. The predicted molar refractivity (Wildman–Crippen MR) is 92.9 cm³/mol. The maximum atomic E-state index is 12.5. The van der Waals surface area contributed by atoms with E-state index in [4.69, 9.17) is 0 Å². The highest BCUT2D eigenvalue weighted by Gasteiger charge is 2.14. The fraction of sp³-hybridized carbons (Fsp3) is 0.176. The van der Waals surface area contributed by atoms with Gasteiger partial charge in [-0.3, -0.25) is 4.79 Å². The number of hydrogen-bond acceptors (Lipinski definition) is 6. The summed E-state index contributed by atoms with van der Waals surface area (Å²) in [6, 6.07) is 5.41. The van der Waals surface area contributed by atoms with Gasteiger partial charge < -0.3 is 10.4 Å². The first kappa shape index (κ1) is 16.2. The largest absolute Gasteiger partial charge is 0.392 e. The van der Waals surface area contributed by atoms with Crippen LogP contribution in [-0.2, 0) is 6.61 Å². The average molecular weight is 340 g/mol. The lowest BCUT2D eigenvalue weighted by atomic mass is 10.0. The highest BCUT2D eigenvalue weighted by Crippen LogP contribution is 2.23. The van der Waals surface area contributed by atoms with Crippen LogP contribution in [0.5, 0.6) is 0 Å². The molecular weight excluding hydrogens is 324 g/mol. The number of thiazole rings is 1. The number of rotatable bonds is 4. The lowest BCUT2D eigenvalue weighted by Gasteiger charge is -2.13. The molecule has 0 unspecified atom stereocenters. The minimum atomic E-state index is -0.378. The third-order valence-electron chi connectivity index (χ3n) is 3.52. The fourth-order valence-corrected chi connectivity index (χ4v) is 3.05. The molecule has 0 bridgehead atoms. The molecule has 3 rings (SSSR count). The van der Waals surface area contributed by atoms with Crippen LogP contribution in [-0.4, -0.2) is 26.0 Å². The minimum absolute atomic E-state index is 0.0329. The van der Waals surface area contributed by atoms with E-state index in [9.17, 15) is 9.90 Å². The molecule has 122 valence electrons. The van der Waals surface area contributed by atoms with Gasteiger partial charge in [-0.05, 0) is 36.6 Å². The molecule has 0 fully saturated rings. The van der Waals surface area contributed by atoms with Crippen molar-refractivity contribution in [1.82, 2.24) is 15.0 Å².